The van der Waals surface area contributed by atoms with Gasteiger partial charge < -0.3 is 19.1 Å². The highest BCUT2D eigenvalue weighted by Crippen LogP contribution is 2.45. The van der Waals surface area contributed by atoms with Crippen LogP contribution >= 0.6 is 0 Å². The van der Waals surface area contributed by atoms with Crippen molar-refractivity contribution in [3.63, 3.8) is 0 Å². The van der Waals surface area contributed by atoms with Gasteiger partial charge in [-0.25, -0.2) is 0 Å². The fourth-order valence-electron chi connectivity index (χ4n) is 4.22. The zero-order chi connectivity index (χ0) is 18.2. The van der Waals surface area contributed by atoms with Gasteiger partial charge in [0, 0.05) is 19.2 Å². The first-order chi connectivity index (χ1) is 11.8. The number of morpholine rings is 1. The summed E-state index contributed by atoms with van der Waals surface area (Å²) >= 11 is 0. The highest BCUT2D eigenvalue weighted by Gasteiger charge is 2.47. The zero-order valence-corrected chi connectivity index (χ0v) is 15.3. The molecular formula is C18H26N2O5. The van der Waals surface area contributed by atoms with Gasteiger partial charge in [0.05, 0.1) is 36.4 Å². The quantitative estimate of drug-likeness (QED) is 0.611. The predicted octanol–water partition coefficient (Wildman–Crippen LogP) is 3.54. The summed E-state index contributed by atoms with van der Waals surface area (Å²) in [7, 11) is 3.02. The highest BCUT2D eigenvalue weighted by molar-refractivity contribution is 5.70. The lowest BCUT2D eigenvalue weighted by molar-refractivity contribution is -0.384. The van der Waals surface area contributed by atoms with Gasteiger partial charge in [-0.05, 0) is 26.7 Å². The van der Waals surface area contributed by atoms with E-state index in [0.717, 1.165) is 25.7 Å². The molecule has 0 radical (unpaired) electrons. The van der Waals surface area contributed by atoms with Crippen molar-refractivity contribution in [2.75, 3.05) is 32.2 Å². The number of nitro benzene ring substituents is 1. The van der Waals surface area contributed by atoms with Gasteiger partial charge in [0.25, 0.3) is 5.69 Å². The molecule has 1 aliphatic heterocycles. The minimum atomic E-state index is -0.371. The fourth-order valence-corrected chi connectivity index (χ4v) is 4.22. The minimum absolute atomic E-state index is 0.0310. The lowest BCUT2D eigenvalue weighted by Gasteiger charge is -2.49. The van der Waals surface area contributed by atoms with Crippen LogP contribution in [0.1, 0.15) is 39.5 Å². The average Bonchev–Trinajstić information content (AvgIpc) is 2.98. The van der Waals surface area contributed by atoms with Gasteiger partial charge >= 0.3 is 0 Å². The molecule has 2 fully saturated rings. The third-order valence-electron chi connectivity index (χ3n) is 5.08. The third kappa shape index (κ3) is 3.38. The second-order valence-electron chi connectivity index (χ2n) is 7.56. The molecule has 7 heteroatoms. The molecule has 25 heavy (non-hydrogen) atoms. The summed E-state index contributed by atoms with van der Waals surface area (Å²) in [6.45, 7) is 5.34. The van der Waals surface area contributed by atoms with Crippen molar-refractivity contribution >= 4 is 11.4 Å². The topological polar surface area (TPSA) is 74.1 Å². The molecule has 0 aromatic heterocycles. The van der Waals surface area contributed by atoms with E-state index in [2.05, 4.69) is 4.90 Å². The van der Waals surface area contributed by atoms with Crippen LogP contribution in [0.15, 0.2) is 12.1 Å². The van der Waals surface area contributed by atoms with Crippen molar-refractivity contribution in [1.82, 2.24) is 0 Å². The number of methoxy groups -OCH3 is 2. The van der Waals surface area contributed by atoms with Crippen LogP contribution in [-0.2, 0) is 4.74 Å². The van der Waals surface area contributed by atoms with Crippen molar-refractivity contribution in [2.24, 2.45) is 0 Å². The maximum atomic E-state index is 11.7. The largest absolute Gasteiger partial charge is 0.493 e. The SMILES string of the molecule is COc1cc(N2CC(C)(C)OC3(CCCC3)C2)c([N+](=O)[O-])cc1OC. The molecule has 1 aliphatic carbocycles. The molecule has 0 atom stereocenters. The average molecular weight is 350 g/mol. The Balaban J connectivity index is 2.05. The maximum Gasteiger partial charge on any atom is 0.296 e. The first kappa shape index (κ1) is 17.8. The summed E-state index contributed by atoms with van der Waals surface area (Å²) in [5.41, 5.74) is 0.000608. The van der Waals surface area contributed by atoms with E-state index in [1.54, 1.807) is 6.07 Å². The Hall–Kier alpha value is -2.02. The molecule has 0 amide bonds. The molecule has 0 unspecified atom stereocenters. The summed E-state index contributed by atoms with van der Waals surface area (Å²) in [6, 6.07) is 3.15. The lowest BCUT2D eigenvalue weighted by atomic mass is 9.93. The van der Waals surface area contributed by atoms with Gasteiger partial charge in [-0.2, -0.15) is 0 Å². The molecule has 7 nitrogen and oxygen atoms in total. The fraction of sp³-hybridized carbons (Fsp3) is 0.667. The van der Waals surface area contributed by atoms with Crippen molar-refractivity contribution < 1.29 is 19.1 Å². The third-order valence-corrected chi connectivity index (χ3v) is 5.08. The first-order valence-electron chi connectivity index (χ1n) is 8.65. The summed E-state index contributed by atoms with van der Waals surface area (Å²) in [4.78, 5) is 13.4. The molecule has 3 rings (SSSR count). The van der Waals surface area contributed by atoms with Gasteiger partial charge in [-0.3, -0.25) is 10.1 Å². The molecule has 0 bridgehead atoms. The molecule has 1 saturated heterocycles. The van der Waals surface area contributed by atoms with Gasteiger partial charge in [0.1, 0.15) is 5.69 Å². The molecular weight excluding hydrogens is 324 g/mol. The van der Waals surface area contributed by atoms with Crippen LogP contribution in [0.2, 0.25) is 0 Å². The van der Waals surface area contributed by atoms with E-state index in [4.69, 9.17) is 14.2 Å². The van der Waals surface area contributed by atoms with Crippen LogP contribution in [0.3, 0.4) is 0 Å². The normalized spacial score (nSPS) is 21.4. The van der Waals surface area contributed by atoms with Crippen LogP contribution in [0.4, 0.5) is 11.4 Å². The standard InChI is InChI=1S/C18H26N2O5/c1-17(2)11-19(12-18(25-17)7-5-6-8-18)13-9-15(23-3)16(24-4)10-14(13)20(21)22/h9-10H,5-8,11-12H2,1-4H3. The number of hydrogen-bond acceptors (Lipinski definition) is 6. The highest BCUT2D eigenvalue weighted by atomic mass is 16.6. The van der Waals surface area contributed by atoms with Crippen LogP contribution in [-0.4, -0.2) is 43.4 Å². The molecule has 1 spiro atoms. The summed E-state index contributed by atoms with van der Waals surface area (Å²) in [5, 5.41) is 11.7. The molecule has 138 valence electrons. The monoisotopic (exact) mass is 350 g/mol. The van der Waals surface area contributed by atoms with Crippen LogP contribution < -0.4 is 14.4 Å². The number of hydrogen-bond donors (Lipinski definition) is 0. The van der Waals surface area contributed by atoms with Crippen LogP contribution in [0.25, 0.3) is 0 Å². The van der Waals surface area contributed by atoms with Gasteiger partial charge in [-0.1, -0.05) is 12.8 Å². The van der Waals surface area contributed by atoms with E-state index < -0.39 is 0 Å². The molecule has 0 N–H and O–H groups in total. The van der Waals surface area contributed by atoms with Gasteiger partial charge in [0.15, 0.2) is 11.5 Å². The molecule has 1 aromatic rings. The van der Waals surface area contributed by atoms with Crippen molar-refractivity contribution in [1.29, 1.82) is 0 Å². The van der Waals surface area contributed by atoms with E-state index in [1.807, 2.05) is 13.8 Å². The summed E-state index contributed by atoms with van der Waals surface area (Å²) in [5.74, 6) is 0.855. The number of ether oxygens (including phenoxy) is 3. The molecule has 1 heterocycles. The Morgan fingerprint density at radius 1 is 1.12 bits per heavy atom. The predicted molar refractivity (Wildman–Crippen MR) is 94.8 cm³/mol. The van der Waals surface area contributed by atoms with Crippen LogP contribution in [0.5, 0.6) is 11.5 Å². The Labute approximate surface area is 148 Å². The summed E-state index contributed by atoms with van der Waals surface area (Å²) in [6.07, 6.45) is 4.26. The molecule has 1 saturated carbocycles. The minimum Gasteiger partial charge on any atom is -0.493 e. The Bertz CT molecular complexity index is 668. The van der Waals surface area contributed by atoms with Crippen LogP contribution in [0, 0.1) is 10.1 Å². The number of anilines is 1. The number of nitro groups is 1. The lowest BCUT2D eigenvalue weighted by Crippen LogP contribution is -2.58. The van der Waals surface area contributed by atoms with Crippen molar-refractivity contribution in [3.05, 3.63) is 22.2 Å². The number of benzene rings is 1. The van der Waals surface area contributed by atoms with Crippen molar-refractivity contribution in [3.8, 4) is 11.5 Å². The van der Waals surface area contributed by atoms with Gasteiger partial charge in [-0.15, -0.1) is 0 Å². The van der Waals surface area contributed by atoms with Crippen molar-refractivity contribution in [2.45, 2.75) is 50.7 Å². The second-order valence-corrected chi connectivity index (χ2v) is 7.56. The Kier molecular flexibility index (Phi) is 4.53. The number of nitrogens with zero attached hydrogens (tertiary/aromatic N) is 2. The Morgan fingerprint density at radius 2 is 1.72 bits per heavy atom. The smallest absolute Gasteiger partial charge is 0.296 e. The first-order valence-corrected chi connectivity index (χ1v) is 8.65. The van der Waals surface area contributed by atoms with E-state index in [-0.39, 0.29) is 21.8 Å². The zero-order valence-electron chi connectivity index (χ0n) is 15.3. The van der Waals surface area contributed by atoms with Gasteiger partial charge in [0.2, 0.25) is 0 Å². The van der Waals surface area contributed by atoms with E-state index >= 15 is 0 Å². The van der Waals surface area contributed by atoms with E-state index in [0.29, 0.717) is 30.3 Å². The maximum absolute atomic E-state index is 11.7. The summed E-state index contributed by atoms with van der Waals surface area (Å²) < 4.78 is 17.0. The molecule has 1 aromatic carbocycles. The van der Waals surface area contributed by atoms with E-state index in [9.17, 15) is 10.1 Å². The number of rotatable bonds is 4. The Morgan fingerprint density at radius 3 is 2.28 bits per heavy atom. The van der Waals surface area contributed by atoms with E-state index in [1.165, 1.54) is 20.3 Å². The molecule has 2 aliphatic rings. The second kappa shape index (κ2) is 6.37.